The minimum atomic E-state index is -0.574. The molecule has 0 radical (unpaired) electrons. The maximum atomic E-state index is 14.4. The number of rotatable bonds is 4. The van der Waals surface area contributed by atoms with Crippen LogP contribution in [0.15, 0.2) is 42.5 Å². The lowest BCUT2D eigenvalue weighted by atomic mass is 9.89. The highest BCUT2D eigenvalue weighted by Crippen LogP contribution is 2.39. The maximum Gasteiger partial charge on any atom is 0.251 e. The lowest BCUT2D eigenvalue weighted by molar-refractivity contribution is -0.130. The summed E-state index contributed by atoms with van der Waals surface area (Å²) < 4.78 is 20.4. The number of fused-ring (bicyclic) bond motifs is 1. The molecule has 1 saturated heterocycles. The van der Waals surface area contributed by atoms with Crippen LogP contribution in [-0.4, -0.2) is 33.8 Å². The zero-order valence-corrected chi connectivity index (χ0v) is 19.3. The standard InChI is InChI=1S/C25H29FN4O3/c1-24(2)13-21(31)30(23(27)29-24)14-15-9-16(11-17(26)10-15)22(32)28-19-12-25(3,4)33-20-8-6-5-7-18(19)20/h5-11,19H,12-14H2,1-4H3,(H2,27,29)(H,28,32)/t19-/m0/s1. The third kappa shape index (κ3) is 4.99. The van der Waals surface area contributed by atoms with Gasteiger partial charge in [0.25, 0.3) is 5.91 Å². The van der Waals surface area contributed by atoms with Gasteiger partial charge in [0.15, 0.2) is 5.96 Å². The third-order valence-electron chi connectivity index (χ3n) is 5.86. The minimum absolute atomic E-state index is 0.00587. The molecule has 2 amide bonds. The van der Waals surface area contributed by atoms with Crippen LogP contribution in [0.4, 0.5) is 4.39 Å². The quantitative estimate of drug-likeness (QED) is 0.656. The number of halogens is 1. The molecule has 0 spiro atoms. The van der Waals surface area contributed by atoms with Gasteiger partial charge in [-0.2, -0.15) is 0 Å². The van der Waals surface area contributed by atoms with E-state index < -0.39 is 22.9 Å². The minimum Gasteiger partial charge on any atom is -0.487 e. The Hall–Kier alpha value is -3.42. The molecule has 2 aromatic rings. The predicted octanol–water partition coefficient (Wildman–Crippen LogP) is 3.89. The van der Waals surface area contributed by atoms with E-state index in [1.165, 1.54) is 17.0 Å². The molecule has 174 valence electrons. The molecule has 2 heterocycles. The fourth-order valence-electron chi connectivity index (χ4n) is 4.43. The van der Waals surface area contributed by atoms with Gasteiger partial charge in [0, 0.05) is 29.5 Å². The molecule has 33 heavy (non-hydrogen) atoms. The van der Waals surface area contributed by atoms with E-state index >= 15 is 0 Å². The van der Waals surface area contributed by atoms with Crippen LogP contribution < -0.4 is 15.4 Å². The molecule has 0 saturated carbocycles. The van der Waals surface area contributed by atoms with Gasteiger partial charge in [-0.25, -0.2) is 4.39 Å². The number of carbonyl (C=O) groups is 2. The zero-order chi connectivity index (χ0) is 24.0. The predicted molar refractivity (Wildman–Crippen MR) is 122 cm³/mol. The molecule has 0 bridgehead atoms. The molecule has 0 aromatic heterocycles. The molecule has 3 N–H and O–H groups in total. The highest BCUT2D eigenvalue weighted by Gasteiger charge is 2.36. The maximum absolute atomic E-state index is 14.4. The molecular weight excluding hydrogens is 423 g/mol. The molecule has 2 aromatic carbocycles. The van der Waals surface area contributed by atoms with Crippen molar-refractivity contribution in [1.82, 2.24) is 15.5 Å². The Morgan fingerprint density at radius 3 is 2.70 bits per heavy atom. The second-order valence-electron chi connectivity index (χ2n) is 9.99. The van der Waals surface area contributed by atoms with Crippen molar-refractivity contribution >= 4 is 17.8 Å². The van der Waals surface area contributed by atoms with E-state index in [9.17, 15) is 14.0 Å². The summed E-state index contributed by atoms with van der Waals surface area (Å²) in [6.45, 7) is 7.62. The Morgan fingerprint density at radius 1 is 1.24 bits per heavy atom. The van der Waals surface area contributed by atoms with Crippen molar-refractivity contribution in [2.75, 3.05) is 0 Å². The van der Waals surface area contributed by atoms with Gasteiger partial charge in [-0.15, -0.1) is 0 Å². The van der Waals surface area contributed by atoms with Gasteiger partial charge in [-0.05, 0) is 57.5 Å². The van der Waals surface area contributed by atoms with Crippen molar-refractivity contribution in [3.63, 3.8) is 0 Å². The molecule has 1 fully saturated rings. The fourth-order valence-corrected chi connectivity index (χ4v) is 4.43. The first-order valence-corrected chi connectivity index (χ1v) is 11.0. The number of guanidine groups is 1. The lowest BCUT2D eigenvalue weighted by Crippen LogP contribution is -2.59. The number of carbonyl (C=O) groups excluding carboxylic acids is 2. The van der Waals surface area contributed by atoms with Gasteiger partial charge in [0.1, 0.15) is 17.2 Å². The summed E-state index contributed by atoms with van der Waals surface area (Å²) in [4.78, 5) is 26.9. The fraction of sp³-hybridized carbons (Fsp3) is 0.400. The average Bonchev–Trinajstić information content (AvgIpc) is 2.69. The van der Waals surface area contributed by atoms with Gasteiger partial charge in [0.05, 0.1) is 12.6 Å². The average molecular weight is 453 g/mol. The van der Waals surface area contributed by atoms with Crippen molar-refractivity contribution in [3.05, 3.63) is 65.0 Å². The van der Waals surface area contributed by atoms with Gasteiger partial charge in [-0.1, -0.05) is 18.2 Å². The Morgan fingerprint density at radius 2 is 1.97 bits per heavy atom. The summed E-state index contributed by atoms with van der Waals surface area (Å²) in [5.74, 6) is -0.522. The molecule has 7 nitrogen and oxygen atoms in total. The topological polar surface area (TPSA) is 94.5 Å². The number of nitrogens with one attached hydrogen (secondary N) is 3. The van der Waals surface area contributed by atoms with E-state index in [4.69, 9.17) is 10.1 Å². The van der Waals surface area contributed by atoms with Crippen LogP contribution in [0.5, 0.6) is 5.75 Å². The molecule has 2 aliphatic rings. The Labute approximate surface area is 192 Å². The highest BCUT2D eigenvalue weighted by molar-refractivity contribution is 5.99. The van der Waals surface area contributed by atoms with E-state index in [2.05, 4.69) is 10.6 Å². The second-order valence-corrected chi connectivity index (χ2v) is 9.99. The molecule has 2 aliphatic heterocycles. The van der Waals surface area contributed by atoms with Crippen molar-refractivity contribution in [2.45, 2.75) is 64.3 Å². The summed E-state index contributed by atoms with van der Waals surface area (Å²) in [7, 11) is 0. The van der Waals surface area contributed by atoms with Gasteiger partial charge < -0.3 is 15.4 Å². The summed E-state index contributed by atoms with van der Waals surface area (Å²) in [5, 5.41) is 14.2. The Bertz CT molecular complexity index is 1110. The van der Waals surface area contributed by atoms with Gasteiger partial charge >= 0.3 is 0 Å². The molecule has 1 atom stereocenters. The largest absolute Gasteiger partial charge is 0.487 e. The number of hydrogen-bond donors (Lipinski definition) is 3. The zero-order valence-electron chi connectivity index (χ0n) is 19.3. The Balaban J connectivity index is 1.54. The number of para-hydroxylation sites is 1. The normalized spacial score (nSPS) is 21.0. The molecule has 0 unspecified atom stereocenters. The number of benzene rings is 2. The van der Waals surface area contributed by atoms with Crippen LogP contribution >= 0.6 is 0 Å². The summed E-state index contributed by atoms with van der Waals surface area (Å²) in [6, 6.07) is 11.3. The summed E-state index contributed by atoms with van der Waals surface area (Å²) in [5.41, 5.74) is 0.506. The van der Waals surface area contributed by atoms with E-state index in [-0.39, 0.29) is 36.4 Å². The van der Waals surface area contributed by atoms with Crippen LogP contribution in [-0.2, 0) is 11.3 Å². The third-order valence-corrected chi connectivity index (χ3v) is 5.86. The summed E-state index contributed by atoms with van der Waals surface area (Å²) >= 11 is 0. The van der Waals surface area contributed by atoms with Crippen LogP contribution in [0.1, 0.15) is 68.1 Å². The van der Waals surface area contributed by atoms with E-state index in [0.29, 0.717) is 12.0 Å². The van der Waals surface area contributed by atoms with Crippen LogP contribution in [0.2, 0.25) is 0 Å². The van der Waals surface area contributed by atoms with Crippen molar-refractivity contribution in [3.8, 4) is 5.75 Å². The van der Waals surface area contributed by atoms with Gasteiger partial charge in [0.2, 0.25) is 5.91 Å². The summed E-state index contributed by atoms with van der Waals surface area (Å²) in [6.07, 6.45) is 0.788. The van der Waals surface area contributed by atoms with E-state index in [1.807, 2.05) is 52.0 Å². The first-order valence-electron chi connectivity index (χ1n) is 11.0. The molecule has 0 aliphatic carbocycles. The SMILES string of the molecule is CC1(C)CC(=O)N(Cc2cc(F)cc(C(=O)N[C@H]3CC(C)(C)Oc4ccccc43)c2)C(=N)N1. The monoisotopic (exact) mass is 452 g/mol. The van der Waals surface area contributed by atoms with Crippen LogP contribution in [0.3, 0.4) is 0 Å². The number of ether oxygens (including phenoxy) is 1. The molecule has 4 rings (SSSR count). The highest BCUT2D eigenvalue weighted by atomic mass is 19.1. The van der Waals surface area contributed by atoms with Crippen molar-refractivity contribution < 1.29 is 18.7 Å². The van der Waals surface area contributed by atoms with E-state index in [1.54, 1.807) is 6.07 Å². The number of amides is 2. The molecule has 8 heteroatoms. The van der Waals surface area contributed by atoms with E-state index in [0.717, 1.165) is 11.3 Å². The van der Waals surface area contributed by atoms with Crippen molar-refractivity contribution in [1.29, 1.82) is 5.41 Å². The number of nitrogens with zero attached hydrogens (tertiary/aromatic N) is 1. The van der Waals surface area contributed by atoms with Crippen LogP contribution in [0, 0.1) is 11.2 Å². The number of hydrogen-bond acceptors (Lipinski definition) is 4. The second kappa shape index (κ2) is 8.17. The lowest BCUT2D eigenvalue weighted by Gasteiger charge is -2.38. The first-order chi connectivity index (χ1) is 15.4. The Kier molecular flexibility index (Phi) is 5.64. The smallest absolute Gasteiger partial charge is 0.251 e. The van der Waals surface area contributed by atoms with Crippen molar-refractivity contribution in [2.24, 2.45) is 0 Å². The molecular formula is C25H29FN4O3. The van der Waals surface area contributed by atoms with Crippen LogP contribution in [0.25, 0.3) is 0 Å². The van der Waals surface area contributed by atoms with Gasteiger partial charge in [-0.3, -0.25) is 19.9 Å². The first kappa shape index (κ1) is 22.8.